The van der Waals surface area contributed by atoms with Gasteiger partial charge in [-0.25, -0.2) is 0 Å². The summed E-state index contributed by atoms with van der Waals surface area (Å²) in [6.07, 6.45) is 3.70. The van der Waals surface area contributed by atoms with Crippen LogP contribution in [0.15, 0.2) is 0 Å². The Morgan fingerprint density at radius 3 is 2.82 bits per heavy atom. The summed E-state index contributed by atoms with van der Waals surface area (Å²) >= 11 is 0. The average molecular weight is 236 g/mol. The number of nitrogens with zero attached hydrogens (tertiary/aromatic N) is 3. The SMILES string of the molecule is CC1CN(C)CCCN1CC(C#N)NC1CC1. The lowest BCUT2D eigenvalue weighted by Gasteiger charge is -2.29. The molecule has 1 heterocycles. The molecule has 2 atom stereocenters. The second-order valence-corrected chi connectivity index (χ2v) is 5.58. The fourth-order valence-corrected chi connectivity index (χ4v) is 2.59. The van der Waals surface area contributed by atoms with Gasteiger partial charge in [0.05, 0.1) is 6.07 Å². The summed E-state index contributed by atoms with van der Waals surface area (Å²) in [5.74, 6) is 0. The van der Waals surface area contributed by atoms with Crippen LogP contribution in [0.3, 0.4) is 0 Å². The van der Waals surface area contributed by atoms with Crippen molar-refractivity contribution in [1.82, 2.24) is 15.1 Å². The van der Waals surface area contributed by atoms with Gasteiger partial charge in [-0.3, -0.25) is 10.2 Å². The molecule has 1 aliphatic carbocycles. The molecule has 4 nitrogen and oxygen atoms in total. The minimum Gasteiger partial charge on any atom is -0.305 e. The highest BCUT2D eigenvalue weighted by atomic mass is 15.2. The van der Waals surface area contributed by atoms with E-state index in [9.17, 15) is 5.26 Å². The zero-order valence-electron chi connectivity index (χ0n) is 11.0. The first kappa shape index (κ1) is 12.8. The van der Waals surface area contributed by atoms with Crippen LogP contribution in [-0.2, 0) is 0 Å². The van der Waals surface area contributed by atoms with Gasteiger partial charge in [-0.2, -0.15) is 5.26 Å². The maximum absolute atomic E-state index is 9.19. The van der Waals surface area contributed by atoms with Crippen molar-refractivity contribution in [3.8, 4) is 6.07 Å². The second kappa shape index (κ2) is 5.81. The van der Waals surface area contributed by atoms with Gasteiger partial charge in [-0.05, 0) is 46.3 Å². The van der Waals surface area contributed by atoms with E-state index in [2.05, 4.69) is 35.2 Å². The molecule has 1 saturated heterocycles. The molecular formula is C13H24N4. The summed E-state index contributed by atoms with van der Waals surface area (Å²) in [6, 6.07) is 3.58. The molecule has 0 aromatic carbocycles. The Labute approximate surface area is 105 Å². The van der Waals surface area contributed by atoms with Gasteiger partial charge in [0, 0.05) is 25.2 Å². The van der Waals surface area contributed by atoms with E-state index in [1.165, 1.54) is 25.8 Å². The van der Waals surface area contributed by atoms with Gasteiger partial charge in [-0.1, -0.05) is 0 Å². The molecule has 96 valence electrons. The van der Waals surface area contributed by atoms with Crippen LogP contribution in [0.1, 0.15) is 26.2 Å². The lowest BCUT2D eigenvalue weighted by atomic mass is 10.2. The summed E-state index contributed by atoms with van der Waals surface area (Å²) in [6.45, 7) is 6.56. The van der Waals surface area contributed by atoms with Gasteiger partial charge in [0.25, 0.3) is 0 Å². The fourth-order valence-electron chi connectivity index (χ4n) is 2.59. The minimum atomic E-state index is 0.00774. The van der Waals surface area contributed by atoms with Crippen molar-refractivity contribution in [3.63, 3.8) is 0 Å². The van der Waals surface area contributed by atoms with E-state index < -0.39 is 0 Å². The first-order valence-electron chi connectivity index (χ1n) is 6.77. The number of nitriles is 1. The second-order valence-electron chi connectivity index (χ2n) is 5.58. The quantitative estimate of drug-likeness (QED) is 0.778. The highest BCUT2D eigenvalue weighted by Crippen LogP contribution is 2.19. The van der Waals surface area contributed by atoms with Crippen molar-refractivity contribution in [2.24, 2.45) is 0 Å². The number of hydrogen-bond donors (Lipinski definition) is 1. The maximum Gasteiger partial charge on any atom is 0.108 e. The van der Waals surface area contributed by atoms with Crippen LogP contribution in [0.2, 0.25) is 0 Å². The summed E-state index contributed by atoms with van der Waals surface area (Å²) in [4.78, 5) is 4.85. The predicted molar refractivity (Wildman–Crippen MR) is 68.7 cm³/mol. The molecule has 0 amide bonds. The Morgan fingerprint density at radius 1 is 1.41 bits per heavy atom. The third-order valence-electron chi connectivity index (χ3n) is 3.77. The van der Waals surface area contributed by atoms with E-state index >= 15 is 0 Å². The van der Waals surface area contributed by atoms with Crippen molar-refractivity contribution in [1.29, 1.82) is 5.26 Å². The number of nitrogens with one attached hydrogen (secondary N) is 1. The van der Waals surface area contributed by atoms with Crippen LogP contribution in [0.25, 0.3) is 0 Å². The molecule has 2 aliphatic rings. The Morgan fingerprint density at radius 2 is 2.18 bits per heavy atom. The third-order valence-corrected chi connectivity index (χ3v) is 3.77. The first-order chi connectivity index (χ1) is 8.19. The Hall–Kier alpha value is -0.630. The molecule has 0 bridgehead atoms. The summed E-state index contributed by atoms with van der Waals surface area (Å²) in [5, 5.41) is 12.6. The topological polar surface area (TPSA) is 42.3 Å². The van der Waals surface area contributed by atoms with Crippen molar-refractivity contribution < 1.29 is 0 Å². The molecule has 2 rings (SSSR count). The van der Waals surface area contributed by atoms with Crippen LogP contribution in [-0.4, -0.2) is 61.2 Å². The monoisotopic (exact) mass is 236 g/mol. The lowest BCUT2D eigenvalue weighted by molar-refractivity contribution is 0.192. The van der Waals surface area contributed by atoms with Crippen molar-refractivity contribution in [3.05, 3.63) is 0 Å². The molecule has 0 spiro atoms. The van der Waals surface area contributed by atoms with E-state index in [-0.39, 0.29) is 6.04 Å². The van der Waals surface area contributed by atoms with Gasteiger partial charge >= 0.3 is 0 Å². The Bertz CT molecular complexity index is 282. The maximum atomic E-state index is 9.19. The van der Waals surface area contributed by atoms with E-state index in [0.29, 0.717) is 12.1 Å². The molecule has 0 aromatic heterocycles. The van der Waals surface area contributed by atoms with Gasteiger partial charge in [0.1, 0.15) is 6.04 Å². The van der Waals surface area contributed by atoms with Gasteiger partial charge in [-0.15, -0.1) is 0 Å². The smallest absolute Gasteiger partial charge is 0.108 e. The highest BCUT2D eigenvalue weighted by molar-refractivity contribution is 4.98. The largest absolute Gasteiger partial charge is 0.305 e. The van der Waals surface area contributed by atoms with E-state index in [1.807, 2.05) is 0 Å². The molecule has 0 aromatic rings. The normalized spacial score (nSPS) is 29.6. The number of hydrogen-bond acceptors (Lipinski definition) is 4. The Kier molecular flexibility index (Phi) is 4.38. The predicted octanol–water partition coefficient (Wildman–Crippen LogP) is 0.657. The molecule has 2 fully saturated rings. The van der Waals surface area contributed by atoms with Gasteiger partial charge in [0.15, 0.2) is 0 Å². The first-order valence-corrected chi connectivity index (χ1v) is 6.77. The standard InChI is InChI=1S/C13H24N4/c1-11-9-16(2)6-3-7-17(11)10-13(8-14)15-12-4-5-12/h11-13,15H,3-7,9-10H2,1-2H3. The van der Waals surface area contributed by atoms with Crippen molar-refractivity contribution >= 4 is 0 Å². The highest BCUT2D eigenvalue weighted by Gasteiger charge is 2.27. The summed E-state index contributed by atoms with van der Waals surface area (Å²) < 4.78 is 0. The molecule has 1 N–H and O–H groups in total. The number of rotatable bonds is 4. The molecule has 4 heteroatoms. The number of likely N-dealkylation sites (N-methyl/N-ethyl adjacent to an activating group) is 1. The minimum absolute atomic E-state index is 0.00774. The molecule has 1 aliphatic heterocycles. The third kappa shape index (κ3) is 3.95. The van der Waals surface area contributed by atoms with E-state index in [0.717, 1.165) is 19.6 Å². The van der Waals surface area contributed by atoms with Crippen LogP contribution in [0.4, 0.5) is 0 Å². The zero-order chi connectivity index (χ0) is 12.3. The average Bonchev–Trinajstić information content (AvgIpc) is 3.09. The summed E-state index contributed by atoms with van der Waals surface area (Å²) in [5.41, 5.74) is 0. The molecule has 17 heavy (non-hydrogen) atoms. The molecule has 0 radical (unpaired) electrons. The van der Waals surface area contributed by atoms with Gasteiger partial charge in [0.2, 0.25) is 0 Å². The van der Waals surface area contributed by atoms with E-state index in [4.69, 9.17) is 0 Å². The van der Waals surface area contributed by atoms with Crippen LogP contribution in [0.5, 0.6) is 0 Å². The van der Waals surface area contributed by atoms with Crippen LogP contribution in [0, 0.1) is 11.3 Å². The Balaban J connectivity index is 1.84. The van der Waals surface area contributed by atoms with Crippen molar-refractivity contribution in [2.45, 2.75) is 44.3 Å². The zero-order valence-corrected chi connectivity index (χ0v) is 11.0. The summed E-state index contributed by atoms with van der Waals surface area (Å²) in [7, 11) is 2.18. The lowest BCUT2D eigenvalue weighted by Crippen LogP contribution is -2.46. The van der Waals surface area contributed by atoms with Crippen LogP contribution < -0.4 is 5.32 Å². The van der Waals surface area contributed by atoms with Gasteiger partial charge < -0.3 is 4.90 Å². The van der Waals surface area contributed by atoms with E-state index in [1.54, 1.807) is 0 Å². The molecule has 2 unspecified atom stereocenters. The fraction of sp³-hybridized carbons (Fsp3) is 0.923. The van der Waals surface area contributed by atoms with Crippen molar-refractivity contribution in [2.75, 3.05) is 33.2 Å². The van der Waals surface area contributed by atoms with Crippen LogP contribution >= 0.6 is 0 Å². The molecule has 1 saturated carbocycles. The molecular weight excluding hydrogens is 212 g/mol.